The van der Waals surface area contributed by atoms with Crippen LogP contribution >= 0.6 is 0 Å². The third kappa shape index (κ3) is 4.22. The molecule has 176 valence electrons. The van der Waals surface area contributed by atoms with E-state index >= 15 is 0 Å². The topological polar surface area (TPSA) is 92.8 Å². The molecule has 1 amide bonds. The van der Waals surface area contributed by atoms with Crippen LogP contribution in [0.3, 0.4) is 0 Å². The molecule has 2 aromatic carbocycles. The van der Waals surface area contributed by atoms with Gasteiger partial charge in [0.25, 0.3) is 0 Å². The number of nitrogens with one attached hydrogen (secondary N) is 1. The molecule has 5 rings (SSSR count). The number of hydrogen-bond acceptors (Lipinski definition) is 7. The maximum Gasteiger partial charge on any atom is 0.415 e. The van der Waals surface area contributed by atoms with Crippen molar-refractivity contribution >= 4 is 27.9 Å². The largest absolute Gasteiger partial charge is 0.493 e. The number of nitrogens with zero attached hydrogens (tertiary/aromatic N) is 4. The Kier molecular flexibility index (Phi) is 5.70. The number of amides is 1. The highest BCUT2D eigenvalue weighted by atomic mass is 16.6. The first-order chi connectivity index (χ1) is 16.4. The van der Waals surface area contributed by atoms with Crippen LogP contribution < -0.4 is 14.2 Å². The van der Waals surface area contributed by atoms with E-state index in [9.17, 15) is 4.79 Å². The smallest absolute Gasteiger partial charge is 0.415 e. The van der Waals surface area contributed by atoms with Crippen molar-refractivity contribution in [3.63, 3.8) is 0 Å². The number of methoxy groups -OCH3 is 1. The summed E-state index contributed by atoms with van der Waals surface area (Å²) in [7, 11) is 3.58. The number of benzene rings is 2. The molecule has 1 aliphatic heterocycles. The molecule has 1 atom stereocenters. The molecule has 1 unspecified atom stereocenters. The maximum atomic E-state index is 13.0. The Morgan fingerprint density at radius 3 is 2.76 bits per heavy atom. The number of carbonyl (C=O) groups excluding carboxylic acids is 1. The summed E-state index contributed by atoms with van der Waals surface area (Å²) >= 11 is 0. The average Bonchev–Trinajstić information content (AvgIpc) is 3.18. The third-order valence-corrected chi connectivity index (χ3v) is 6.09. The molecule has 4 aromatic rings. The molecule has 0 saturated carbocycles. The Bertz CT molecular complexity index is 1370. The van der Waals surface area contributed by atoms with E-state index in [2.05, 4.69) is 25.9 Å². The second kappa shape index (κ2) is 8.83. The summed E-state index contributed by atoms with van der Waals surface area (Å²) in [5, 5.41) is 1.66. The molecule has 0 radical (unpaired) electrons. The predicted octanol–water partition coefficient (Wildman–Crippen LogP) is 4.36. The summed E-state index contributed by atoms with van der Waals surface area (Å²) in [6, 6.07) is 11.3. The van der Waals surface area contributed by atoms with E-state index in [4.69, 9.17) is 14.2 Å². The van der Waals surface area contributed by atoms with Crippen LogP contribution in [0.1, 0.15) is 12.6 Å². The van der Waals surface area contributed by atoms with Gasteiger partial charge in [-0.3, -0.25) is 0 Å². The second-order valence-corrected chi connectivity index (χ2v) is 8.68. The van der Waals surface area contributed by atoms with Gasteiger partial charge in [0, 0.05) is 48.3 Å². The second-order valence-electron chi connectivity index (χ2n) is 8.68. The van der Waals surface area contributed by atoms with Crippen molar-refractivity contribution in [2.75, 3.05) is 33.8 Å². The van der Waals surface area contributed by atoms with Crippen molar-refractivity contribution in [3.8, 4) is 23.1 Å². The first kappa shape index (κ1) is 22.0. The normalized spacial score (nSPS) is 16.7. The fourth-order valence-corrected chi connectivity index (χ4v) is 4.36. The van der Waals surface area contributed by atoms with Crippen LogP contribution in [0.15, 0.2) is 42.7 Å². The number of fused-ring (bicyclic) bond motifs is 2. The Balaban J connectivity index is 1.46. The summed E-state index contributed by atoms with van der Waals surface area (Å²) < 4.78 is 17.4. The van der Waals surface area contributed by atoms with Crippen LogP contribution in [0.25, 0.3) is 21.8 Å². The van der Waals surface area contributed by atoms with Gasteiger partial charge in [0.15, 0.2) is 11.5 Å². The monoisotopic (exact) mass is 461 g/mol. The van der Waals surface area contributed by atoms with Crippen LogP contribution in [0.5, 0.6) is 23.1 Å². The number of aryl methyl sites for hydroxylation is 1. The molecular formula is C25H27N5O4. The van der Waals surface area contributed by atoms with Crippen molar-refractivity contribution in [3.05, 3.63) is 48.4 Å². The first-order valence-corrected chi connectivity index (χ1v) is 11.2. The number of ether oxygens (including phenoxy) is 3. The number of likely N-dealkylation sites (N-methyl/N-ethyl adjacent to an activating group) is 1. The number of aromatic amines is 1. The lowest BCUT2D eigenvalue weighted by atomic mass is 10.2. The van der Waals surface area contributed by atoms with Gasteiger partial charge in [-0.15, -0.1) is 0 Å². The third-order valence-electron chi connectivity index (χ3n) is 6.09. The molecule has 0 spiro atoms. The number of piperazine rings is 1. The Morgan fingerprint density at radius 1 is 1.12 bits per heavy atom. The zero-order chi connectivity index (χ0) is 23.8. The minimum Gasteiger partial charge on any atom is -0.493 e. The van der Waals surface area contributed by atoms with Gasteiger partial charge in [-0.2, -0.15) is 0 Å². The van der Waals surface area contributed by atoms with Gasteiger partial charge in [0.05, 0.1) is 18.0 Å². The van der Waals surface area contributed by atoms with Crippen LogP contribution in [0, 0.1) is 6.92 Å². The van der Waals surface area contributed by atoms with Crippen LogP contribution in [-0.4, -0.2) is 70.7 Å². The molecule has 9 nitrogen and oxygen atoms in total. The molecule has 3 heterocycles. The molecular weight excluding hydrogens is 434 g/mol. The van der Waals surface area contributed by atoms with Gasteiger partial charge in [0.2, 0.25) is 5.88 Å². The molecule has 1 saturated heterocycles. The van der Waals surface area contributed by atoms with Crippen molar-refractivity contribution in [2.45, 2.75) is 19.9 Å². The van der Waals surface area contributed by atoms with E-state index < -0.39 is 6.09 Å². The van der Waals surface area contributed by atoms with Crippen molar-refractivity contribution in [1.29, 1.82) is 0 Å². The van der Waals surface area contributed by atoms with E-state index in [-0.39, 0.29) is 6.04 Å². The highest BCUT2D eigenvalue weighted by Gasteiger charge is 2.28. The molecule has 2 aromatic heterocycles. The highest BCUT2D eigenvalue weighted by molar-refractivity contribution is 5.88. The van der Waals surface area contributed by atoms with Crippen LogP contribution in [-0.2, 0) is 0 Å². The van der Waals surface area contributed by atoms with Crippen LogP contribution in [0.4, 0.5) is 4.79 Å². The van der Waals surface area contributed by atoms with Gasteiger partial charge in [-0.25, -0.2) is 14.8 Å². The number of H-pyrrole nitrogens is 1. The Morgan fingerprint density at radius 2 is 1.97 bits per heavy atom. The van der Waals surface area contributed by atoms with Crippen molar-refractivity contribution in [2.24, 2.45) is 0 Å². The molecule has 1 aliphatic rings. The highest BCUT2D eigenvalue weighted by Crippen LogP contribution is 2.37. The van der Waals surface area contributed by atoms with Crippen molar-refractivity contribution in [1.82, 2.24) is 24.8 Å². The van der Waals surface area contributed by atoms with E-state index in [0.717, 1.165) is 29.7 Å². The molecule has 0 aliphatic carbocycles. The SMILES string of the molecule is COc1cc2ncnc(Oc3ccc4[nH]c(C)cc4c3)c2cc1OC(=O)N1CCN(C)CC1C. The standard InChI is InChI=1S/C25H27N5O4/c1-15-9-17-10-18(5-6-20(17)28-15)33-24-19-11-23(22(32-4)12-21(19)26-14-27-24)34-25(31)30-8-7-29(3)13-16(30)2/h5-6,9-12,14,16,28H,7-8,13H2,1-4H3. The van der Waals surface area contributed by atoms with Gasteiger partial charge >= 0.3 is 6.09 Å². The molecule has 1 fully saturated rings. The van der Waals surface area contributed by atoms with Gasteiger partial charge < -0.3 is 29.0 Å². The minimum atomic E-state index is -0.411. The quantitative estimate of drug-likeness (QED) is 0.483. The molecule has 34 heavy (non-hydrogen) atoms. The van der Waals surface area contributed by atoms with E-state index in [1.807, 2.05) is 39.1 Å². The lowest BCUT2D eigenvalue weighted by molar-refractivity contribution is 0.0886. The lowest BCUT2D eigenvalue weighted by Crippen LogP contribution is -2.53. The predicted molar refractivity (Wildman–Crippen MR) is 129 cm³/mol. The molecule has 0 bridgehead atoms. The summed E-state index contributed by atoms with van der Waals surface area (Å²) in [6.45, 7) is 6.21. The number of hydrogen-bond donors (Lipinski definition) is 1. The van der Waals surface area contributed by atoms with Gasteiger partial charge in [0.1, 0.15) is 12.1 Å². The van der Waals surface area contributed by atoms with E-state index in [0.29, 0.717) is 40.6 Å². The zero-order valence-corrected chi connectivity index (χ0v) is 19.7. The summed E-state index contributed by atoms with van der Waals surface area (Å²) in [5.41, 5.74) is 2.73. The van der Waals surface area contributed by atoms with Crippen molar-refractivity contribution < 1.29 is 19.0 Å². The van der Waals surface area contributed by atoms with Crippen LogP contribution in [0.2, 0.25) is 0 Å². The number of rotatable bonds is 4. The molecule has 1 N–H and O–H groups in total. The van der Waals surface area contributed by atoms with E-state index in [1.165, 1.54) is 13.4 Å². The molecule has 9 heteroatoms. The number of carbonyl (C=O) groups is 1. The summed E-state index contributed by atoms with van der Waals surface area (Å²) in [5.74, 6) is 1.72. The average molecular weight is 462 g/mol. The van der Waals surface area contributed by atoms with Gasteiger partial charge in [-0.05, 0) is 51.2 Å². The van der Waals surface area contributed by atoms with E-state index in [1.54, 1.807) is 17.0 Å². The fraction of sp³-hybridized carbons (Fsp3) is 0.320. The Hall–Kier alpha value is -3.85. The zero-order valence-electron chi connectivity index (χ0n) is 19.7. The maximum absolute atomic E-state index is 13.0. The summed E-state index contributed by atoms with van der Waals surface area (Å²) in [4.78, 5) is 28.9. The first-order valence-electron chi connectivity index (χ1n) is 11.2. The number of aromatic nitrogens is 3. The fourth-order valence-electron chi connectivity index (χ4n) is 4.36. The summed E-state index contributed by atoms with van der Waals surface area (Å²) in [6.07, 6.45) is 1.03. The Labute approximate surface area is 197 Å². The minimum absolute atomic E-state index is 0.0481. The van der Waals surface area contributed by atoms with Gasteiger partial charge in [-0.1, -0.05) is 0 Å². The lowest BCUT2D eigenvalue weighted by Gasteiger charge is -2.37.